The molecule has 1 unspecified atom stereocenters. The molecule has 0 saturated heterocycles. The van der Waals surface area contributed by atoms with Gasteiger partial charge in [0.1, 0.15) is 0 Å². The molecule has 0 amide bonds. The van der Waals surface area contributed by atoms with E-state index in [-0.39, 0.29) is 12.0 Å². The van der Waals surface area contributed by atoms with Gasteiger partial charge in [0, 0.05) is 17.3 Å². The second-order valence-electron chi connectivity index (χ2n) is 2.99. The Morgan fingerprint density at radius 1 is 1.80 bits per heavy atom. The summed E-state index contributed by atoms with van der Waals surface area (Å²) in [7, 11) is 1.37. The van der Waals surface area contributed by atoms with Crippen molar-refractivity contribution < 1.29 is 9.53 Å². The van der Waals surface area contributed by atoms with Gasteiger partial charge in [-0.15, -0.1) is 11.3 Å². The van der Waals surface area contributed by atoms with Gasteiger partial charge < -0.3 is 10.5 Å². The Hall–Kier alpha value is -0.100. The molecule has 0 saturated carbocycles. The van der Waals surface area contributed by atoms with Crippen molar-refractivity contribution >= 4 is 44.8 Å². The number of halogens is 2. The third-order valence-electron chi connectivity index (χ3n) is 1.92. The zero-order valence-electron chi connectivity index (χ0n) is 8.13. The van der Waals surface area contributed by atoms with Crippen molar-refractivity contribution in [1.29, 1.82) is 0 Å². The van der Waals surface area contributed by atoms with Crippen LogP contribution in [0.3, 0.4) is 0 Å². The van der Waals surface area contributed by atoms with Crippen LogP contribution in [-0.4, -0.2) is 13.1 Å². The van der Waals surface area contributed by atoms with Crippen molar-refractivity contribution in [2.75, 3.05) is 7.11 Å². The Kier molecular flexibility index (Phi) is 5.05. The highest BCUT2D eigenvalue weighted by atomic mass is 79.9. The van der Waals surface area contributed by atoms with E-state index >= 15 is 0 Å². The summed E-state index contributed by atoms with van der Waals surface area (Å²) in [5.41, 5.74) is 5.90. The normalized spacial score (nSPS) is 12.5. The van der Waals surface area contributed by atoms with Crippen LogP contribution in [0.15, 0.2) is 9.85 Å². The van der Waals surface area contributed by atoms with E-state index in [2.05, 4.69) is 20.7 Å². The Balaban J connectivity index is 2.53. The van der Waals surface area contributed by atoms with E-state index in [1.165, 1.54) is 18.4 Å². The van der Waals surface area contributed by atoms with Crippen molar-refractivity contribution in [1.82, 2.24) is 0 Å². The minimum absolute atomic E-state index is 0.169. The third kappa shape index (κ3) is 3.75. The quantitative estimate of drug-likeness (QED) is 0.869. The van der Waals surface area contributed by atoms with Crippen LogP contribution < -0.4 is 5.73 Å². The molecule has 6 heteroatoms. The molecular formula is C9H11BrClNO2S. The van der Waals surface area contributed by atoms with Crippen molar-refractivity contribution in [3.05, 3.63) is 19.8 Å². The van der Waals surface area contributed by atoms with Crippen LogP contribution in [0.4, 0.5) is 0 Å². The predicted molar refractivity (Wildman–Crippen MR) is 65.2 cm³/mol. The van der Waals surface area contributed by atoms with Gasteiger partial charge in [-0.1, -0.05) is 11.6 Å². The largest absolute Gasteiger partial charge is 0.469 e. The number of thiophene rings is 1. The van der Waals surface area contributed by atoms with Gasteiger partial charge in [-0.2, -0.15) is 0 Å². The number of hydrogen-bond acceptors (Lipinski definition) is 4. The lowest BCUT2D eigenvalue weighted by Gasteiger charge is -2.07. The fraction of sp³-hybridized carbons (Fsp3) is 0.444. The summed E-state index contributed by atoms with van der Waals surface area (Å²) in [5.74, 6) is -0.243. The molecule has 3 nitrogen and oxygen atoms in total. The Morgan fingerprint density at radius 2 is 2.47 bits per heavy atom. The zero-order chi connectivity index (χ0) is 11.4. The number of methoxy groups -OCH3 is 1. The maximum absolute atomic E-state index is 10.9. The summed E-state index contributed by atoms with van der Waals surface area (Å²) < 4.78 is 5.41. The molecule has 1 rings (SSSR count). The van der Waals surface area contributed by atoms with Crippen molar-refractivity contribution in [2.24, 2.45) is 5.73 Å². The van der Waals surface area contributed by atoms with E-state index in [1.807, 2.05) is 6.07 Å². The predicted octanol–water partition coefficient (Wildman–Crippen LogP) is 3.12. The molecule has 0 radical (unpaired) electrons. The first-order valence-corrected chi connectivity index (χ1v) is 6.30. The second kappa shape index (κ2) is 5.84. The molecule has 0 fully saturated rings. The number of nitrogens with two attached hydrogens (primary N) is 1. The molecule has 84 valence electrons. The highest BCUT2D eigenvalue weighted by Crippen LogP contribution is 2.35. The van der Waals surface area contributed by atoms with Crippen LogP contribution in [0.25, 0.3) is 0 Å². The van der Waals surface area contributed by atoms with Gasteiger partial charge in [0.05, 0.1) is 15.9 Å². The van der Waals surface area contributed by atoms with Crippen LogP contribution in [0.1, 0.15) is 23.8 Å². The molecular weight excluding hydrogens is 302 g/mol. The van der Waals surface area contributed by atoms with E-state index in [1.54, 1.807) is 0 Å². The number of hydrogen-bond donors (Lipinski definition) is 1. The van der Waals surface area contributed by atoms with Gasteiger partial charge >= 0.3 is 5.97 Å². The molecule has 1 aromatic heterocycles. The third-order valence-corrected chi connectivity index (χ3v) is 4.52. The van der Waals surface area contributed by atoms with Crippen LogP contribution in [0.2, 0.25) is 5.02 Å². The number of carbonyl (C=O) groups is 1. The first-order valence-electron chi connectivity index (χ1n) is 4.31. The smallest absolute Gasteiger partial charge is 0.305 e. The van der Waals surface area contributed by atoms with Crippen LogP contribution in [0, 0.1) is 0 Å². The molecule has 0 aliphatic carbocycles. The SMILES string of the molecule is COC(=O)CCC(N)c1cc(Cl)c(Br)s1. The van der Waals surface area contributed by atoms with Crippen molar-refractivity contribution in [2.45, 2.75) is 18.9 Å². The Bertz CT molecular complexity index is 336. The van der Waals surface area contributed by atoms with Gasteiger partial charge in [-0.05, 0) is 28.4 Å². The average molecular weight is 313 g/mol. The van der Waals surface area contributed by atoms with Gasteiger partial charge in [-0.3, -0.25) is 4.79 Å². The maximum atomic E-state index is 10.9. The molecule has 0 aliphatic rings. The van der Waals surface area contributed by atoms with Crippen LogP contribution in [0.5, 0.6) is 0 Å². The molecule has 1 heterocycles. The highest BCUT2D eigenvalue weighted by molar-refractivity contribution is 9.11. The van der Waals surface area contributed by atoms with Gasteiger partial charge in [-0.25, -0.2) is 0 Å². The molecule has 1 atom stereocenters. The molecule has 0 bridgehead atoms. The van der Waals surface area contributed by atoms with Gasteiger partial charge in [0.2, 0.25) is 0 Å². The number of ether oxygens (including phenoxy) is 1. The standard InChI is InChI=1S/C9H11BrClNO2S/c1-14-8(13)3-2-6(12)7-4-5(11)9(10)15-7/h4,6H,2-3,12H2,1H3. The topological polar surface area (TPSA) is 52.3 Å². The molecule has 0 spiro atoms. The van der Waals surface area contributed by atoms with Crippen LogP contribution in [-0.2, 0) is 9.53 Å². The van der Waals surface area contributed by atoms with E-state index < -0.39 is 0 Å². The van der Waals surface area contributed by atoms with Crippen molar-refractivity contribution in [3.8, 4) is 0 Å². The zero-order valence-corrected chi connectivity index (χ0v) is 11.3. The van der Waals surface area contributed by atoms with Crippen LogP contribution >= 0.6 is 38.9 Å². The molecule has 15 heavy (non-hydrogen) atoms. The maximum Gasteiger partial charge on any atom is 0.305 e. The first-order chi connectivity index (χ1) is 7.04. The number of esters is 1. The van der Waals surface area contributed by atoms with Gasteiger partial charge in [0.25, 0.3) is 0 Å². The lowest BCUT2D eigenvalue weighted by molar-refractivity contribution is -0.140. The summed E-state index contributed by atoms with van der Waals surface area (Å²) >= 11 is 10.7. The highest BCUT2D eigenvalue weighted by Gasteiger charge is 2.13. The average Bonchev–Trinajstić information content (AvgIpc) is 2.55. The monoisotopic (exact) mass is 311 g/mol. The van der Waals surface area contributed by atoms with E-state index in [9.17, 15) is 4.79 Å². The molecule has 0 aliphatic heterocycles. The Labute approximate surface area is 106 Å². The minimum atomic E-state index is -0.243. The summed E-state index contributed by atoms with van der Waals surface area (Å²) in [6, 6.07) is 1.65. The Morgan fingerprint density at radius 3 is 2.93 bits per heavy atom. The van der Waals surface area contributed by atoms with E-state index in [0.717, 1.165) is 8.66 Å². The first kappa shape index (κ1) is 13.0. The number of carbonyl (C=O) groups excluding carboxylic acids is 1. The summed E-state index contributed by atoms with van der Waals surface area (Å²) in [6.07, 6.45) is 0.890. The van der Waals surface area contributed by atoms with Crippen molar-refractivity contribution in [3.63, 3.8) is 0 Å². The summed E-state index contributed by atoms with van der Waals surface area (Å²) in [6.45, 7) is 0. The van der Waals surface area contributed by atoms with E-state index in [0.29, 0.717) is 17.9 Å². The summed E-state index contributed by atoms with van der Waals surface area (Å²) in [4.78, 5) is 11.9. The fourth-order valence-corrected chi connectivity index (χ4v) is 2.85. The lowest BCUT2D eigenvalue weighted by atomic mass is 10.1. The fourth-order valence-electron chi connectivity index (χ4n) is 1.06. The lowest BCUT2D eigenvalue weighted by Crippen LogP contribution is -2.11. The van der Waals surface area contributed by atoms with Gasteiger partial charge in [0.15, 0.2) is 0 Å². The minimum Gasteiger partial charge on any atom is -0.469 e. The number of rotatable bonds is 4. The summed E-state index contributed by atoms with van der Waals surface area (Å²) in [5, 5.41) is 0.656. The second-order valence-corrected chi connectivity index (χ2v) is 5.80. The van der Waals surface area contributed by atoms with E-state index in [4.69, 9.17) is 17.3 Å². The molecule has 1 aromatic rings. The molecule has 2 N–H and O–H groups in total. The molecule has 0 aromatic carbocycles.